The highest BCUT2D eigenvalue weighted by atomic mass is 35.5. The van der Waals surface area contributed by atoms with Gasteiger partial charge in [-0.3, -0.25) is 9.69 Å². The zero-order chi connectivity index (χ0) is 16.3. The molecular weight excluding hydrogens is 357 g/mol. The maximum absolute atomic E-state index is 12.8. The van der Waals surface area contributed by atoms with Gasteiger partial charge in [0, 0.05) is 39.3 Å². The number of amides is 1. The molecule has 1 amide bonds. The van der Waals surface area contributed by atoms with Crippen LogP contribution >= 0.6 is 24.8 Å². The van der Waals surface area contributed by atoms with Crippen molar-refractivity contribution >= 4 is 30.7 Å². The van der Waals surface area contributed by atoms with Gasteiger partial charge in [0.15, 0.2) is 0 Å². The second kappa shape index (κ2) is 9.77. The third kappa shape index (κ3) is 5.33. The van der Waals surface area contributed by atoms with E-state index in [1.165, 1.54) is 5.56 Å². The molecule has 1 atom stereocenters. The first kappa shape index (κ1) is 22.2. The highest BCUT2D eigenvalue weighted by Crippen LogP contribution is 2.29. The van der Waals surface area contributed by atoms with E-state index in [0.29, 0.717) is 11.9 Å². The SMILES string of the molecule is CN(C(=O)C1(C)CCNC1)C1CCN(Cc2ccccc2)CC1.Cl.Cl. The number of halogens is 2. The van der Waals surface area contributed by atoms with E-state index in [-0.39, 0.29) is 30.2 Å². The first-order valence-electron chi connectivity index (χ1n) is 8.83. The summed E-state index contributed by atoms with van der Waals surface area (Å²) in [6, 6.07) is 11.0. The topological polar surface area (TPSA) is 35.6 Å². The first-order chi connectivity index (χ1) is 11.1. The predicted molar refractivity (Wildman–Crippen MR) is 108 cm³/mol. The lowest BCUT2D eigenvalue weighted by Gasteiger charge is -2.39. The Hall–Kier alpha value is -0.810. The Morgan fingerprint density at radius 3 is 2.44 bits per heavy atom. The number of hydrogen-bond donors (Lipinski definition) is 1. The summed E-state index contributed by atoms with van der Waals surface area (Å²) in [6.45, 7) is 7.07. The molecule has 0 aromatic heterocycles. The molecule has 142 valence electrons. The maximum Gasteiger partial charge on any atom is 0.229 e. The Bertz CT molecular complexity index is 527. The van der Waals surface area contributed by atoms with E-state index in [4.69, 9.17) is 0 Å². The van der Waals surface area contributed by atoms with Crippen LogP contribution in [-0.2, 0) is 11.3 Å². The molecule has 4 nitrogen and oxygen atoms in total. The highest BCUT2D eigenvalue weighted by Gasteiger charge is 2.40. The number of carbonyl (C=O) groups excluding carboxylic acids is 1. The Labute approximate surface area is 164 Å². The number of nitrogens with zero attached hydrogens (tertiary/aromatic N) is 2. The van der Waals surface area contributed by atoms with Gasteiger partial charge in [0.2, 0.25) is 5.91 Å². The molecule has 2 aliphatic heterocycles. The fraction of sp³-hybridized carbons (Fsp3) is 0.632. The Morgan fingerprint density at radius 2 is 1.88 bits per heavy atom. The smallest absolute Gasteiger partial charge is 0.229 e. The van der Waals surface area contributed by atoms with Crippen LogP contribution in [0.15, 0.2) is 30.3 Å². The summed E-state index contributed by atoms with van der Waals surface area (Å²) in [6.07, 6.45) is 3.13. The van der Waals surface area contributed by atoms with E-state index >= 15 is 0 Å². The Morgan fingerprint density at radius 1 is 1.24 bits per heavy atom. The van der Waals surface area contributed by atoms with Crippen LogP contribution in [0, 0.1) is 5.41 Å². The van der Waals surface area contributed by atoms with Crippen molar-refractivity contribution in [3.63, 3.8) is 0 Å². The van der Waals surface area contributed by atoms with Gasteiger partial charge in [-0.1, -0.05) is 30.3 Å². The number of rotatable bonds is 4. The van der Waals surface area contributed by atoms with Gasteiger partial charge in [0.25, 0.3) is 0 Å². The predicted octanol–water partition coefficient (Wildman–Crippen LogP) is 2.95. The number of carbonyl (C=O) groups is 1. The van der Waals surface area contributed by atoms with Crippen molar-refractivity contribution in [1.29, 1.82) is 0 Å². The Kier molecular flexibility index (Phi) is 8.69. The summed E-state index contributed by atoms with van der Waals surface area (Å²) >= 11 is 0. The van der Waals surface area contributed by atoms with Gasteiger partial charge in [-0.2, -0.15) is 0 Å². The summed E-state index contributed by atoms with van der Waals surface area (Å²) < 4.78 is 0. The molecule has 1 N–H and O–H groups in total. The van der Waals surface area contributed by atoms with Gasteiger partial charge in [-0.05, 0) is 38.3 Å². The first-order valence-corrected chi connectivity index (χ1v) is 8.83. The fourth-order valence-electron chi connectivity index (χ4n) is 3.90. The molecule has 3 rings (SSSR count). The second-order valence-corrected chi connectivity index (χ2v) is 7.40. The van der Waals surface area contributed by atoms with Crippen LogP contribution in [0.2, 0.25) is 0 Å². The fourth-order valence-corrected chi connectivity index (χ4v) is 3.90. The van der Waals surface area contributed by atoms with Crippen LogP contribution in [0.3, 0.4) is 0 Å². The van der Waals surface area contributed by atoms with E-state index in [0.717, 1.165) is 52.0 Å². The zero-order valence-corrected chi connectivity index (χ0v) is 16.9. The molecule has 6 heteroatoms. The summed E-state index contributed by atoms with van der Waals surface area (Å²) in [5.74, 6) is 0.323. The monoisotopic (exact) mass is 387 g/mol. The zero-order valence-electron chi connectivity index (χ0n) is 15.2. The lowest BCUT2D eigenvalue weighted by Crippen LogP contribution is -2.50. The lowest BCUT2D eigenvalue weighted by atomic mass is 9.87. The molecule has 1 unspecified atom stereocenters. The van der Waals surface area contributed by atoms with Crippen LogP contribution in [0.25, 0.3) is 0 Å². The number of nitrogens with one attached hydrogen (secondary N) is 1. The van der Waals surface area contributed by atoms with E-state index in [2.05, 4.69) is 47.5 Å². The molecule has 2 saturated heterocycles. The molecule has 2 fully saturated rings. The van der Waals surface area contributed by atoms with Crippen molar-refractivity contribution < 1.29 is 4.79 Å². The molecule has 0 spiro atoms. The lowest BCUT2D eigenvalue weighted by molar-refractivity contribution is -0.142. The van der Waals surface area contributed by atoms with E-state index in [9.17, 15) is 4.79 Å². The van der Waals surface area contributed by atoms with Crippen molar-refractivity contribution in [3.8, 4) is 0 Å². The molecule has 2 heterocycles. The number of piperidine rings is 1. The third-order valence-corrected chi connectivity index (χ3v) is 5.56. The standard InChI is InChI=1S/C19H29N3O.2ClH/c1-19(10-11-20-15-19)18(23)21(2)17-8-12-22(13-9-17)14-16-6-4-3-5-7-16;;/h3-7,17,20H,8-15H2,1-2H3;2*1H. The molecule has 25 heavy (non-hydrogen) atoms. The average molecular weight is 388 g/mol. The van der Waals surface area contributed by atoms with Crippen LogP contribution in [0.5, 0.6) is 0 Å². The van der Waals surface area contributed by atoms with Crippen molar-refractivity contribution in [2.24, 2.45) is 5.41 Å². The molecule has 1 aromatic carbocycles. The number of hydrogen-bond acceptors (Lipinski definition) is 3. The molecule has 0 bridgehead atoms. The van der Waals surface area contributed by atoms with Gasteiger partial charge in [-0.25, -0.2) is 0 Å². The van der Waals surface area contributed by atoms with Gasteiger partial charge < -0.3 is 10.2 Å². The highest BCUT2D eigenvalue weighted by molar-refractivity contribution is 5.85. The molecule has 1 aromatic rings. The van der Waals surface area contributed by atoms with Gasteiger partial charge >= 0.3 is 0 Å². The summed E-state index contributed by atoms with van der Waals surface area (Å²) in [5.41, 5.74) is 1.18. The van der Waals surface area contributed by atoms with Crippen molar-refractivity contribution in [2.45, 2.75) is 38.8 Å². The molecule has 2 aliphatic rings. The van der Waals surface area contributed by atoms with E-state index in [1.54, 1.807) is 0 Å². The summed E-state index contributed by atoms with van der Waals surface area (Å²) in [4.78, 5) is 17.3. The Balaban J connectivity index is 0.00000156. The molecule has 0 radical (unpaired) electrons. The van der Waals surface area contributed by atoms with Crippen molar-refractivity contribution in [2.75, 3.05) is 33.2 Å². The number of likely N-dealkylation sites (tertiary alicyclic amines) is 1. The minimum absolute atomic E-state index is 0. The van der Waals surface area contributed by atoms with Gasteiger partial charge in [0.1, 0.15) is 0 Å². The average Bonchev–Trinajstić information content (AvgIpc) is 3.03. The molecule has 0 saturated carbocycles. The molecular formula is C19H31Cl2N3O. The normalized spacial score (nSPS) is 24.2. The van der Waals surface area contributed by atoms with Gasteiger partial charge in [-0.15, -0.1) is 24.8 Å². The summed E-state index contributed by atoms with van der Waals surface area (Å²) in [5, 5.41) is 3.33. The van der Waals surface area contributed by atoms with E-state index in [1.807, 2.05) is 11.9 Å². The second-order valence-electron chi connectivity index (χ2n) is 7.40. The van der Waals surface area contributed by atoms with Crippen molar-refractivity contribution in [1.82, 2.24) is 15.1 Å². The largest absolute Gasteiger partial charge is 0.342 e. The van der Waals surface area contributed by atoms with Crippen LogP contribution in [0.4, 0.5) is 0 Å². The minimum atomic E-state index is -0.198. The number of benzene rings is 1. The molecule has 0 aliphatic carbocycles. The summed E-state index contributed by atoms with van der Waals surface area (Å²) in [7, 11) is 2.00. The van der Waals surface area contributed by atoms with Crippen LogP contribution in [0.1, 0.15) is 31.7 Å². The quantitative estimate of drug-likeness (QED) is 0.862. The van der Waals surface area contributed by atoms with Crippen LogP contribution < -0.4 is 5.32 Å². The van der Waals surface area contributed by atoms with E-state index < -0.39 is 0 Å². The maximum atomic E-state index is 12.8. The van der Waals surface area contributed by atoms with Crippen LogP contribution in [-0.4, -0.2) is 55.0 Å². The minimum Gasteiger partial charge on any atom is -0.342 e. The van der Waals surface area contributed by atoms with Crippen molar-refractivity contribution in [3.05, 3.63) is 35.9 Å². The van der Waals surface area contributed by atoms with Gasteiger partial charge in [0.05, 0.1) is 5.41 Å². The third-order valence-electron chi connectivity index (χ3n) is 5.56.